The van der Waals surface area contributed by atoms with E-state index in [0.29, 0.717) is 6.61 Å². The summed E-state index contributed by atoms with van der Waals surface area (Å²) in [6.07, 6.45) is 0. The normalized spacial score (nSPS) is 12.2. The van der Waals surface area contributed by atoms with Crippen molar-refractivity contribution in [3.05, 3.63) is 63.1 Å². The van der Waals surface area contributed by atoms with Gasteiger partial charge in [-0.3, -0.25) is 0 Å². The molecule has 0 fully saturated rings. The van der Waals surface area contributed by atoms with Gasteiger partial charge in [-0.15, -0.1) is 0 Å². The summed E-state index contributed by atoms with van der Waals surface area (Å²) in [5.41, 5.74) is 2.21. The van der Waals surface area contributed by atoms with Crippen molar-refractivity contribution in [2.75, 3.05) is 13.2 Å². The highest BCUT2D eigenvalue weighted by Crippen LogP contribution is 2.31. The zero-order valence-electron chi connectivity index (χ0n) is 12.2. The Morgan fingerprint density at radius 1 is 1.19 bits per heavy atom. The average molecular weight is 369 g/mol. The van der Waals surface area contributed by atoms with Crippen LogP contribution < -0.4 is 10.1 Å². The van der Waals surface area contributed by atoms with Crippen LogP contribution in [0.3, 0.4) is 0 Å². The van der Waals surface area contributed by atoms with Gasteiger partial charge in [-0.1, -0.05) is 52.7 Å². The zero-order chi connectivity index (χ0) is 15.2. The second kappa shape index (κ2) is 7.83. The highest BCUT2D eigenvalue weighted by molar-refractivity contribution is 9.10. The molecule has 0 bridgehead atoms. The topological polar surface area (TPSA) is 21.3 Å². The standard InChI is InChI=1S/C17H19BrClNO/c1-3-20-17(15-9-8-13(18)11-16(15)19)12-6-5-7-14(10-12)21-4-2/h5-11,17,20H,3-4H2,1-2H3. The van der Waals surface area contributed by atoms with Crippen LogP contribution in [0.25, 0.3) is 0 Å². The molecule has 0 saturated heterocycles. The molecule has 2 nitrogen and oxygen atoms in total. The van der Waals surface area contributed by atoms with Crippen molar-refractivity contribution in [3.8, 4) is 5.75 Å². The predicted octanol–water partition coefficient (Wildman–Crippen LogP) is 5.20. The molecule has 1 atom stereocenters. The van der Waals surface area contributed by atoms with E-state index in [-0.39, 0.29) is 6.04 Å². The smallest absolute Gasteiger partial charge is 0.119 e. The van der Waals surface area contributed by atoms with Crippen LogP contribution in [-0.2, 0) is 0 Å². The van der Waals surface area contributed by atoms with E-state index in [0.717, 1.165) is 32.9 Å². The molecule has 21 heavy (non-hydrogen) atoms. The molecule has 4 heteroatoms. The molecule has 0 aromatic heterocycles. The molecular weight excluding hydrogens is 350 g/mol. The Morgan fingerprint density at radius 2 is 2.00 bits per heavy atom. The molecule has 2 aromatic carbocycles. The second-order valence-corrected chi connectivity index (χ2v) is 5.98. The number of halogens is 2. The van der Waals surface area contributed by atoms with Gasteiger partial charge in [0.05, 0.1) is 12.6 Å². The molecule has 0 radical (unpaired) electrons. The van der Waals surface area contributed by atoms with Gasteiger partial charge < -0.3 is 10.1 Å². The first-order valence-electron chi connectivity index (χ1n) is 7.06. The average Bonchev–Trinajstić information content (AvgIpc) is 2.46. The maximum Gasteiger partial charge on any atom is 0.119 e. The summed E-state index contributed by atoms with van der Waals surface area (Å²) in [5.74, 6) is 0.881. The quantitative estimate of drug-likeness (QED) is 0.756. The van der Waals surface area contributed by atoms with Gasteiger partial charge in [0.25, 0.3) is 0 Å². The van der Waals surface area contributed by atoms with Gasteiger partial charge in [0, 0.05) is 9.50 Å². The van der Waals surface area contributed by atoms with E-state index in [4.69, 9.17) is 16.3 Å². The van der Waals surface area contributed by atoms with Crippen molar-refractivity contribution in [1.29, 1.82) is 0 Å². The van der Waals surface area contributed by atoms with Crippen molar-refractivity contribution in [3.63, 3.8) is 0 Å². The van der Waals surface area contributed by atoms with Crippen LogP contribution >= 0.6 is 27.5 Å². The van der Waals surface area contributed by atoms with Crippen molar-refractivity contribution in [1.82, 2.24) is 5.32 Å². The summed E-state index contributed by atoms with van der Waals surface area (Å²) in [5, 5.41) is 4.24. The van der Waals surface area contributed by atoms with E-state index in [1.165, 1.54) is 0 Å². The summed E-state index contributed by atoms with van der Waals surface area (Å²) in [6, 6.07) is 14.2. The van der Waals surface area contributed by atoms with Crippen LogP contribution in [0.15, 0.2) is 46.9 Å². The molecule has 1 N–H and O–H groups in total. The van der Waals surface area contributed by atoms with Crippen LogP contribution in [0.2, 0.25) is 5.02 Å². The first kappa shape index (κ1) is 16.3. The number of benzene rings is 2. The zero-order valence-corrected chi connectivity index (χ0v) is 14.5. The van der Waals surface area contributed by atoms with Gasteiger partial charge in [0.2, 0.25) is 0 Å². The van der Waals surface area contributed by atoms with Crippen LogP contribution in [0.4, 0.5) is 0 Å². The molecule has 0 aliphatic heterocycles. The van der Waals surface area contributed by atoms with E-state index in [1.54, 1.807) is 0 Å². The number of hydrogen-bond acceptors (Lipinski definition) is 2. The lowest BCUT2D eigenvalue weighted by atomic mass is 9.98. The van der Waals surface area contributed by atoms with Crippen LogP contribution in [0.5, 0.6) is 5.75 Å². The summed E-state index contributed by atoms with van der Waals surface area (Å²) in [7, 11) is 0. The minimum Gasteiger partial charge on any atom is -0.494 e. The Hall–Kier alpha value is -1.03. The van der Waals surface area contributed by atoms with Crippen LogP contribution in [0, 0.1) is 0 Å². The number of rotatable bonds is 6. The highest BCUT2D eigenvalue weighted by Gasteiger charge is 2.16. The third-order valence-electron chi connectivity index (χ3n) is 3.18. The summed E-state index contributed by atoms with van der Waals surface area (Å²) < 4.78 is 6.57. The fourth-order valence-corrected chi connectivity index (χ4v) is 3.08. The van der Waals surface area contributed by atoms with E-state index in [9.17, 15) is 0 Å². The third-order valence-corrected chi connectivity index (χ3v) is 4.00. The Balaban J connectivity index is 2.40. The predicted molar refractivity (Wildman–Crippen MR) is 92.3 cm³/mol. The van der Waals surface area contributed by atoms with E-state index in [1.807, 2.05) is 37.3 Å². The van der Waals surface area contributed by atoms with Crippen molar-refractivity contribution in [2.24, 2.45) is 0 Å². The van der Waals surface area contributed by atoms with Gasteiger partial charge in [0.1, 0.15) is 5.75 Å². The molecule has 0 spiro atoms. The molecular formula is C17H19BrClNO. The fraction of sp³-hybridized carbons (Fsp3) is 0.294. The van der Waals surface area contributed by atoms with E-state index >= 15 is 0 Å². The largest absolute Gasteiger partial charge is 0.494 e. The minimum absolute atomic E-state index is 0.0519. The van der Waals surface area contributed by atoms with Gasteiger partial charge in [-0.25, -0.2) is 0 Å². The van der Waals surface area contributed by atoms with Crippen molar-refractivity contribution >= 4 is 27.5 Å². The maximum atomic E-state index is 6.41. The lowest BCUT2D eigenvalue weighted by molar-refractivity contribution is 0.339. The second-order valence-electron chi connectivity index (χ2n) is 4.66. The SMILES string of the molecule is CCNC(c1cccc(OCC)c1)c1ccc(Br)cc1Cl. The van der Waals surface area contributed by atoms with Gasteiger partial charge in [0.15, 0.2) is 0 Å². The van der Waals surface area contributed by atoms with Crippen molar-refractivity contribution in [2.45, 2.75) is 19.9 Å². The van der Waals surface area contributed by atoms with Gasteiger partial charge in [-0.2, -0.15) is 0 Å². The summed E-state index contributed by atoms with van der Waals surface area (Å²) in [6.45, 7) is 5.59. The molecule has 0 heterocycles. The first-order chi connectivity index (χ1) is 10.2. The molecule has 0 amide bonds. The molecule has 0 saturated carbocycles. The third kappa shape index (κ3) is 4.22. The Labute approximate surface area is 139 Å². The molecule has 0 aliphatic carbocycles. The fourth-order valence-electron chi connectivity index (χ4n) is 2.30. The number of nitrogens with one attached hydrogen (secondary N) is 1. The lowest BCUT2D eigenvalue weighted by Crippen LogP contribution is -2.22. The molecule has 0 aliphatic rings. The van der Waals surface area contributed by atoms with Crippen LogP contribution in [0.1, 0.15) is 31.0 Å². The van der Waals surface area contributed by atoms with Crippen molar-refractivity contribution < 1.29 is 4.74 Å². The monoisotopic (exact) mass is 367 g/mol. The van der Waals surface area contributed by atoms with Gasteiger partial charge >= 0.3 is 0 Å². The minimum atomic E-state index is 0.0519. The van der Waals surface area contributed by atoms with Gasteiger partial charge in [-0.05, 0) is 48.9 Å². The molecule has 1 unspecified atom stereocenters. The Bertz CT molecular complexity index is 603. The summed E-state index contributed by atoms with van der Waals surface area (Å²) in [4.78, 5) is 0. The summed E-state index contributed by atoms with van der Waals surface area (Å²) >= 11 is 9.86. The van der Waals surface area contributed by atoms with Crippen LogP contribution in [-0.4, -0.2) is 13.2 Å². The molecule has 112 valence electrons. The number of ether oxygens (including phenoxy) is 1. The lowest BCUT2D eigenvalue weighted by Gasteiger charge is -2.21. The van der Waals surface area contributed by atoms with E-state index < -0.39 is 0 Å². The highest BCUT2D eigenvalue weighted by atomic mass is 79.9. The van der Waals surface area contributed by atoms with E-state index in [2.05, 4.69) is 40.3 Å². The molecule has 2 rings (SSSR count). The first-order valence-corrected chi connectivity index (χ1v) is 8.23. The maximum absolute atomic E-state index is 6.41. The molecule has 2 aromatic rings. The Morgan fingerprint density at radius 3 is 2.67 bits per heavy atom. The Kier molecular flexibility index (Phi) is 6.09. The number of hydrogen-bond donors (Lipinski definition) is 1.